The van der Waals surface area contributed by atoms with Crippen LogP contribution in [0.25, 0.3) is 0 Å². The minimum atomic E-state index is -0.348. The molecule has 0 saturated carbocycles. The first kappa shape index (κ1) is 14.2. The van der Waals surface area contributed by atoms with Gasteiger partial charge < -0.3 is 15.4 Å². The van der Waals surface area contributed by atoms with Crippen molar-refractivity contribution in [3.63, 3.8) is 0 Å². The fraction of sp³-hybridized carbons (Fsp3) is 0.385. The molecule has 98 valence electrons. The minimum Gasteiger partial charge on any atom is -0.465 e. The van der Waals surface area contributed by atoms with E-state index in [9.17, 15) is 9.59 Å². The van der Waals surface area contributed by atoms with E-state index in [0.717, 1.165) is 5.56 Å². The lowest BCUT2D eigenvalue weighted by atomic mass is 10.1. The van der Waals surface area contributed by atoms with E-state index in [4.69, 9.17) is 4.74 Å². The Kier molecular flexibility index (Phi) is 5.87. The Bertz CT molecular complexity index is 418. The van der Waals surface area contributed by atoms with Crippen LogP contribution in [0.2, 0.25) is 0 Å². The minimum absolute atomic E-state index is 0.0104. The van der Waals surface area contributed by atoms with E-state index < -0.39 is 0 Å². The average molecular weight is 250 g/mol. The Balaban J connectivity index is 2.51. The Morgan fingerprint density at radius 2 is 2.00 bits per heavy atom. The first-order valence-electron chi connectivity index (χ1n) is 5.76. The second-order valence-corrected chi connectivity index (χ2v) is 3.75. The van der Waals surface area contributed by atoms with Gasteiger partial charge in [-0.15, -0.1) is 0 Å². The Morgan fingerprint density at radius 3 is 2.67 bits per heavy atom. The van der Waals surface area contributed by atoms with E-state index >= 15 is 0 Å². The standard InChI is InChI=1S/C13H18N2O3/c1-14-12(16)7-8-15-9-10-5-3-4-6-11(10)13(17)18-2/h3-6,15H,7-9H2,1-2H3,(H,14,16). The number of methoxy groups -OCH3 is 1. The van der Waals surface area contributed by atoms with E-state index in [1.165, 1.54) is 7.11 Å². The van der Waals surface area contributed by atoms with Crippen molar-refractivity contribution in [2.24, 2.45) is 0 Å². The zero-order chi connectivity index (χ0) is 13.4. The second kappa shape index (κ2) is 7.45. The Labute approximate surface area is 107 Å². The van der Waals surface area contributed by atoms with Gasteiger partial charge in [-0.05, 0) is 11.6 Å². The largest absolute Gasteiger partial charge is 0.465 e. The maximum absolute atomic E-state index is 11.5. The average Bonchev–Trinajstić information content (AvgIpc) is 2.42. The summed E-state index contributed by atoms with van der Waals surface area (Å²) < 4.78 is 4.71. The predicted octanol–water partition coefficient (Wildman–Crippen LogP) is 0.699. The van der Waals surface area contributed by atoms with Gasteiger partial charge in [0.15, 0.2) is 0 Å². The van der Waals surface area contributed by atoms with Gasteiger partial charge in [0.25, 0.3) is 0 Å². The van der Waals surface area contributed by atoms with Crippen LogP contribution in [-0.4, -0.2) is 32.6 Å². The van der Waals surface area contributed by atoms with E-state index in [1.54, 1.807) is 19.2 Å². The predicted molar refractivity (Wildman–Crippen MR) is 68.2 cm³/mol. The molecule has 0 aliphatic rings. The van der Waals surface area contributed by atoms with Gasteiger partial charge in [0, 0.05) is 26.6 Å². The van der Waals surface area contributed by atoms with Crippen molar-refractivity contribution in [3.8, 4) is 0 Å². The number of amides is 1. The normalized spacial score (nSPS) is 9.89. The van der Waals surface area contributed by atoms with Crippen LogP contribution in [0.5, 0.6) is 0 Å². The highest BCUT2D eigenvalue weighted by Crippen LogP contribution is 2.09. The van der Waals surface area contributed by atoms with E-state index in [2.05, 4.69) is 10.6 Å². The fourth-order valence-electron chi connectivity index (χ4n) is 1.53. The van der Waals surface area contributed by atoms with Crippen LogP contribution in [0.15, 0.2) is 24.3 Å². The molecule has 0 radical (unpaired) electrons. The molecule has 0 atom stereocenters. The molecule has 0 spiro atoms. The molecule has 0 bridgehead atoms. The highest BCUT2D eigenvalue weighted by molar-refractivity contribution is 5.90. The first-order valence-corrected chi connectivity index (χ1v) is 5.76. The zero-order valence-corrected chi connectivity index (χ0v) is 10.7. The molecule has 0 heterocycles. The Hall–Kier alpha value is -1.88. The zero-order valence-electron chi connectivity index (χ0n) is 10.7. The lowest BCUT2D eigenvalue weighted by Gasteiger charge is -2.08. The smallest absolute Gasteiger partial charge is 0.338 e. The van der Waals surface area contributed by atoms with Crippen LogP contribution in [0.4, 0.5) is 0 Å². The molecular formula is C13H18N2O3. The third-order valence-electron chi connectivity index (χ3n) is 2.55. The van der Waals surface area contributed by atoms with Crippen LogP contribution in [0.3, 0.4) is 0 Å². The maximum Gasteiger partial charge on any atom is 0.338 e. The lowest BCUT2D eigenvalue weighted by molar-refractivity contribution is -0.120. The number of benzene rings is 1. The van der Waals surface area contributed by atoms with E-state index in [0.29, 0.717) is 25.1 Å². The van der Waals surface area contributed by atoms with Crippen molar-refractivity contribution >= 4 is 11.9 Å². The molecule has 5 nitrogen and oxygen atoms in total. The molecule has 1 aromatic rings. The van der Waals surface area contributed by atoms with E-state index in [-0.39, 0.29) is 11.9 Å². The summed E-state index contributed by atoms with van der Waals surface area (Å²) >= 11 is 0. The molecule has 0 fully saturated rings. The molecule has 1 rings (SSSR count). The molecule has 0 aliphatic carbocycles. The quantitative estimate of drug-likeness (QED) is 0.576. The molecular weight excluding hydrogens is 232 g/mol. The van der Waals surface area contributed by atoms with Crippen molar-refractivity contribution in [3.05, 3.63) is 35.4 Å². The number of hydrogen-bond acceptors (Lipinski definition) is 4. The van der Waals surface area contributed by atoms with Crippen molar-refractivity contribution < 1.29 is 14.3 Å². The van der Waals surface area contributed by atoms with Gasteiger partial charge in [-0.3, -0.25) is 4.79 Å². The van der Waals surface area contributed by atoms with Gasteiger partial charge in [0.1, 0.15) is 0 Å². The van der Waals surface area contributed by atoms with Crippen molar-refractivity contribution in [1.82, 2.24) is 10.6 Å². The molecule has 0 aromatic heterocycles. The van der Waals surface area contributed by atoms with Crippen LogP contribution < -0.4 is 10.6 Å². The van der Waals surface area contributed by atoms with Crippen LogP contribution >= 0.6 is 0 Å². The molecule has 0 unspecified atom stereocenters. The molecule has 1 amide bonds. The molecule has 18 heavy (non-hydrogen) atoms. The van der Waals surface area contributed by atoms with Gasteiger partial charge in [-0.25, -0.2) is 4.79 Å². The molecule has 2 N–H and O–H groups in total. The number of carbonyl (C=O) groups excluding carboxylic acids is 2. The van der Waals surface area contributed by atoms with Crippen LogP contribution in [-0.2, 0) is 16.1 Å². The topological polar surface area (TPSA) is 67.4 Å². The number of carbonyl (C=O) groups is 2. The third-order valence-corrected chi connectivity index (χ3v) is 2.55. The van der Waals surface area contributed by atoms with Gasteiger partial charge in [-0.2, -0.15) is 0 Å². The summed E-state index contributed by atoms with van der Waals surface area (Å²) in [4.78, 5) is 22.5. The lowest BCUT2D eigenvalue weighted by Crippen LogP contribution is -2.25. The van der Waals surface area contributed by atoms with Gasteiger partial charge in [-0.1, -0.05) is 18.2 Å². The number of esters is 1. The monoisotopic (exact) mass is 250 g/mol. The van der Waals surface area contributed by atoms with Crippen molar-refractivity contribution in [2.75, 3.05) is 20.7 Å². The van der Waals surface area contributed by atoms with Crippen LogP contribution in [0.1, 0.15) is 22.3 Å². The number of hydrogen-bond donors (Lipinski definition) is 2. The summed E-state index contributed by atoms with van der Waals surface area (Å²) in [6, 6.07) is 7.24. The summed E-state index contributed by atoms with van der Waals surface area (Å²) in [7, 11) is 2.97. The summed E-state index contributed by atoms with van der Waals surface area (Å²) in [5.41, 5.74) is 1.41. The van der Waals surface area contributed by atoms with E-state index in [1.807, 2.05) is 12.1 Å². The SMILES string of the molecule is CNC(=O)CCNCc1ccccc1C(=O)OC. The molecule has 5 heteroatoms. The third kappa shape index (κ3) is 4.18. The van der Waals surface area contributed by atoms with Crippen molar-refractivity contribution in [1.29, 1.82) is 0 Å². The number of ether oxygens (including phenoxy) is 1. The number of nitrogens with one attached hydrogen (secondary N) is 2. The number of rotatable bonds is 6. The highest BCUT2D eigenvalue weighted by atomic mass is 16.5. The highest BCUT2D eigenvalue weighted by Gasteiger charge is 2.10. The van der Waals surface area contributed by atoms with Gasteiger partial charge >= 0.3 is 5.97 Å². The molecule has 0 aliphatic heterocycles. The maximum atomic E-state index is 11.5. The van der Waals surface area contributed by atoms with Gasteiger partial charge in [0.05, 0.1) is 12.7 Å². The second-order valence-electron chi connectivity index (χ2n) is 3.75. The van der Waals surface area contributed by atoms with Crippen molar-refractivity contribution in [2.45, 2.75) is 13.0 Å². The summed E-state index contributed by atoms with van der Waals surface area (Å²) in [5, 5.41) is 5.67. The Morgan fingerprint density at radius 1 is 1.28 bits per heavy atom. The molecule has 1 aromatic carbocycles. The molecule has 0 saturated heterocycles. The fourth-order valence-corrected chi connectivity index (χ4v) is 1.53. The summed E-state index contributed by atoms with van der Waals surface area (Å²) in [6.45, 7) is 1.09. The van der Waals surface area contributed by atoms with Crippen LogP contribution in [0, 0.1) is 0 Å². The summed E-state index contributed by atoms with van der Waals surface area (Å²) in [5.74, 6) is -0.359. The first-order chi connectivity index (χ1) is 8.69. The summed E-state index contributed by atoms with van der Waals surface area (Å²) in [6.07, 6.45) is 0.414. The van der Waals surface area contributed by atoms with Gasteiger partial charge in [0.2, 0.25) is 5.91 Å².